The average molecular weight is 302 g/mol. The molecule has 110 valence electrons. The lowest BCUT2D eigenvalue weighted by Crippen LogP contribution is -2.39. The third-order valence-electron chi connectivity index (χ3n) is 4.73. The molecule has 2 aromatic rings. The van der Waals surface area contributed by atoms with Gasteiger partial charge in [-0.25, -0.2) is 8.42 Å². The predicted molar refractivity (Wildman–Crippen MR) is 82.6 cm³/mol. The summed E-state index contributed by atoms with van der Waals surface area (Å²) in [6, 6.07) is 13.3. The van der Waals surface area contributed by atoms with Crippen molar-refractivity contribution in [2.24, 2.45) is 5.92 Å². The molecule has 2 aliphatic heterocycles. The van der Waals surface area contributed by atoms with Gasteiger partial charge in [-0.15, -0.1) is 0 Å². The topological polar surface area (TPSA) is 49.4 Å². The first-order valence-corrected chi connectivity index (χ1v) is 8.82. The summed E-state index contributed by atoms with van der Waals surface area (Å²) in [5, 5.41) is 5.09. The monoisotopic (exact) mass is 302 g/mol. The van der Waals surface area contributed by atoms with Gasteiger partial charge in [0.1, 0.15) is 0 Å². The van der Waals surface area contributed by atoms with E-state index >= 15 is 0 Å². The van der Waals surface area contributed by atoms with E-state index in [1.165, 1.54) is 0 Å². The van der Waals surface area contributed by atoms with Crippen LogP contribution in [0.5, 0.6) is 0 Å². The Balaban J connectivity index is 1.84. The normalized spacial score (nSPS) is 26.3. The highest BCUT2D eigenvalue weighted by Gasteiger charge is 2.44. The molecule has 2 fully saturated rings. The van der Waals surface area contributed by atoms with E-state index in [1.54, 1.807) is 10.4 Å². The van der Waals surface area contributed by atoms with Crippen molar-refractivity contribution in [2.75, 3.05) is 19.6 Å². The van der Waals surface area contributed by atoms with E-state index in [-0.39, 0.29) is 6.04 Å². The number of nitrogens with one attached hydrogen (secondary N) is 1. The Hall–Kier alpha value is -1.43. The quantitative estimate of drug-likeness (QED) is 0.920. The maximum Gasteiger partial charge on any atom is 0.243 e. The van der Waals surface area contributed by atoms with Crippen LogP contribution in [0.1, 0.15) is 6.42 Å². The molecule has 4 rings (SSSR count). The van der Waals surface area contributed by atoms with Crippen LogP contribution in [0.3, 0.4) is 0 Å². The van der Waals surface area contributed by atoms with Crippen molar-refractivity contribution in [3.05, 3.63) is 42.5 Å². The molecule has 2 aliphatic rings. The van der Waals surface area contributed by atoms with E-state index < -0.39 is 10.0 Å². The Bertz CT molecular complexity index is 782. The molecule has 2 atom stereocenters. The van der Waals surface area contributed by atoms with Gasteiger partial charge in [0.25, 0.3) is 0 Å². The Morgan fingerprint density at radius 1 is 1.05 bits per heavy atom. The van der Waals surface area contributed by atoms with Gasteiger partial charge < -0.3 is 5.32 Å². The first-order valence-electron chi connectivity index (χ1n) is 7.38. The number of sulfonamides is 1. The summed E-state index contributed by atoms with van der Waals surface area (Å²) in [4.78, 5) is 0.438. The molecule has 1 N–H and O–H groups in total. The molecule has 2 heterocycles. The molecular weight excluding hydrogens is 284 g/mol. The summed E-state index contributed by atoms with van der Waals surface area (Å²) in [5.74, 6) is 0.467. The zero-order chi connectivity index (χ0) is 14.4. The molecular formula is C16H18N2O2S. The van der Waals surface area contributed by atoms with Crippen molar-refractivity contribution in [2.45, 2.75) is 17.4 Å². The van der Waals surface area contributed by atoms with Gasteiger partial charge in [0, 0.05) is 24.5 Å². The second-order valence-electron chi connectivity index (χ2n) is 5.87. The molecule has 4 nitrogen and oxygen atoms in total. The lowest BCUT2D eigenvalue weighted by molar-refractivity contribution is 0.383. The summed E-state index contributed by atoms with van der Waals surface area (Å²) in [6.45, 7) is 2.35. The number of benzene rings is 2. The molecule has 2 saturated heterocycles. The minimum atomic E-state index is -3.43. The van der Waals surface area contributed by atoms with Crippen LogP contribution in [0.2, 0.25) is 0 Å². The van der Waals surface area contributed by atoms with Crippen molar-refractivity contribution in [3.8, 4) is 0 Å². The van der Waals surface area contributed by atoms with Gasteiger partial charge in [-0.1, -0.05) is 36.4 Å². The maximum absolute atomic E-state index is 13.1. The van der Waals surface area contributed by atoms with Gasteiger partial charge in [-0.3, -0.25) is 0 Å². The molecule has 0 spiro atoms. The van der Waals surface area contributed by atoms with Gasteiger partial charge >= 0.3 is 0 Å². The average Bonchev–Trinajstić information content (AvgIpc) is 3.09. The number of rotatable bonds is 2. The zero-order valence-electron chi connectivity index (χ0n) is 11.7. The minimum absolute atomic E-state index is 0.119. The fourth-order valence-corrected chi connectivity index (χ4v) is 5.57. The molecule has 0 aliphatic carbocycles. The Morgan fingerprint density at radius 2 is 1.86 bits per heavy atom. The van der Waals surface area contributed by atoms with Crippen LogP contribution in [-0.4, -0.2) is 38.4 Å². The molecule has 0 amide bonds. The number of hydrogen-bond acceptors (Lipinski definition) is 3. The Kier molecular flexibility index (Phi) is 3.03. The fraction of sp³-hybridized carbons (Fsp3) is 0.375. The third kappa shape index (κ3) is 1.99. The van der Waals surface area contributed by atoms with Crippen LogP contribution in [0, 0.1) is 5.92 Å². The standard InChI is InChI=1S/C16H18N2O2S/c19-21(20,18-9-8-13-10-17-11-15(13)18)16-7-3-5-12-4-1-2-6-14(12)16/h1-7,13,15,17H,8-11H2/t13-,15+/m0/s1. The van der Waals surface area contributed by atoms with Crippen molar-refractivity contribution in [3.63, 3.8) is 0 Å². The van der Waals surface area contributed by atoms with E-state index in [4.69, 9.17) is 0 Å². The molecule has 21 heavy (non-hydrogen) atoms. The number of hydrogen-bond donors (Lipinski definition) is 1. The van der Waals surface area contributed by atoms with E-state index in [1.807, 2.05) is 36.4 Å². The molecule has 0 radical (unpaired) electrons. The van der Waals surface area contributed by atoms with E-state index in [0.717, 1.165) is 30.3 Å². The van der Waals surface area contributed by atoms with Crippen molar-refractivity contribution in [1.82, 2.24) is 9.62 Å². The van der Waals surface area contributed by atoms with Gasteiger partial charge in [-0.05, 0) is 30.3 Å². The second-order valence-corrected chi connectivity index (χ2v) is 7.73. The fourth-order valence-electron chi connectivity index (χ4n) is 3.65. The van der Waals surface area contributed by atoms with Gasteiger partial charge in [0.05, 0.1) is 4.90 Å². The highest BCUT2D eigenvalue weighted by Crippen LogP contribution is 2.34. The minimum Gasteiger partial charge on any atom is -0.315 e. The van der Waals surface area contributed by atoms with Crippen LogP contribution in [0.25, 0.3) is 10.8 Å². The summed E-state index contributed by atoms with van der Waals surface area (Å²) in [6.07, 6.45) is 0.960. The summed E-state index contributed by atoms with van der Waals surface area (Å²) in [7, 11) is -3.43. The van der Waals surface area contributed by atoms with Crippen LogP contribution in [-0.2, 0) is 10.0 Å². The SMILES string of the molecule is O=S(=O)(c1cccc2ccccc12)N1CC[C@H]2CNC[C@H]21. The molecule has 2 aromatic carbocycles. The third-order valence-corrected chi connectivity index (χ3v) is 6.71. The molecule has 0 unspecified atom stereocenters. The molecule has 0 saturated carbocycles. The van der Waals surface area contributed by atoms with E-state index in [9.17, 15) is 8.42 Å². The maximum atomic E-state index is 13.1. The Labute approximate surface area is 124 Å². The van der Waals surface area contributed by atoms with E-state index in [0.29, 0.717) is 17.4 Å². The van der Waals surface area contributed by atoms with Gasteiger partial charge in [-0.2, -0.15) is 4.31 Å². The Morgan fingerprint density at radius 3 is 2.76 bits per heavy atom. The van der Waals surface area contributed by atoms with Crippen LogP contribution in [0.15, 0.2) is 47.4 Å². The zero-order valence-corrected chi connectivity index (χ0v) is 12.5. The summed E-state index contributed by atoms with van der Waals surface area (Å²) >= 11 is 0. The largest absolute Gasteiger partial charge is 0.315 e. The highest BCUT2D eigenvalue weighted by atomic mass is 32.2. The lowest BCUT2D eigenvalue weighted by Gasteiger charge is -2.23. The first kappa shape index (κ1) is 13.2. The summed E-state index contributed by atoms with van der Waals surface area (Å²) < 4.78 is 27.9. The second kappa shape index (κ2) is 4.80. The van der Waals surface area contributed by atoms with Gasteiger partial charge in [0.2, 0.25) is 10.0 Å². The smallest absolute Gasteiger partial charge is 0.243 e. The lowest BCUT2D eigenvalue weighted by atomic mass is 10.1. The highest BCUT2D eigenvalue weighted by molar-refractivity contribution is 7.89. The van der Waals surface area contributed by atoms with E-state index in [2.05, 4.69) is 5.32 Å². The molecule has 0 bridgehead atoms. The van der Waals surface area contributed by atoms with Crippen LogP contribution in [0.4, 0.5) is 0 Å². The number of nitrogens with zero attached hydrogens (tertiary/aromatic N) is 1. The van der Waals surface area contributed by atoms with Crippen molar-refractivity contribution >= 4 is 20.8 Å². The molecule has 5 heteroatoms. The number of fused-ring (bicyclic) bond motifs is 2. The molecule has 0 aromatic heterocycles. The van der Waals surface area contributed by atoms with Crippen LogP contribution < -0.4 is 5.32 Å². The predicted octanol–water partition coefficient (Wildman–Crippen LogP) is 1.82. The van der Waals surface area contributed by atoms with Crippen molar-refractivity contribution in [1.29, 1.82) is 0 Å². The van der Waals surface area contributed by atoms with Gasteiger partial charge in [0.15, 0.2) is 0 Å². The van der Waals surface area contributed by atoms with Crippen molar-refractivity contribution < 1.29 is 8.42 Å². The van der Waals surface area contributed by atoms with Crippen LogP contribution >= 0.6 is 0 Å². The first-order chi connectivity index (χ1) is 10.2. The summed E-state index contributed by atoms with van der Waals surface area (Å²) in [5.41, 5.74) is 0.